The summed E-state index contributed by atoms with van der Waals surface area (Å²) in [4.78, 5) is 15.1. The lowest BCUT2D eigenvalue weighted by atomic mass is 10.1. The zero-order valence-electron chi connectivity index (χ0n) is 20.4. The SMILES string of the molecule is Cc1cccc(N(Cc2ccc(C(=O)NCc3ccc(N4CCCCC4)cc3)cc2)S(C)(=O)=O)c1. The van der Waals surface area contributed by atoms with Gasteiger partial charge in [-0.2, -0.15) is 0 Å². The number of nitrogens with one attached hydrogen (secondary N) is 1. The summed E-state index contributed by atoms with van der Waals surface area (Å²) in [6.45, 7) is 4.81. The van der Waals surface area contributed by atoms with Crippen molar-refractivity contribution >= 4 is 27.3 Å². The van der Waals surface area contributed by atoms with E-state index in [1.807, 2.05) is 25.1 Å². The van der Waals surface area contributed by atoms with Crippen LogP contribution in [0.15, 0.2) is 72.8 Å². The quantitative estimate of drug-likeness (QED) is 0.488. The van der Waals surface area contributed by atoms with Crippen molar-refractivity contribution in [3.05, 3.63) is 95.1 Å². The van der Waals surface area contributed by atoms with E-state index in [4.69, 9.17) is 0 Å². The summed E-state index contributed by atoms with van der Waals surface area (Å²) in [6, 6.07) is 22.9. The fourth-order valence-corrected chi connectivity index (χ4v) is 5.25. The molecule has 7 heteroatoms. The number of anilines is 2. The average Bonchev–Trinajstić information content (AvgIpc) is 2.86. The largest absolute Gasteiger partial charge is 0.372 e. The van der Waals surface area contributed by atoms with Crippen LogP contribution in [0.3, 0.4) is 0 Å². The molecule has 1 heterocycles. The Morgan fingerprint density at radius 3 is 2.20 bits per heavy atom. The van der Waals surface area contributed by atoms with Crippen LogP contribution in [0, 0.1) is 6.92 Å². The standard InChI is InChI=1S/C28H33N3O3S/c1-22-7-6-8-27(19-22)31(35(2,33)34)21-24-9-13-25(14-10-24)28(32)29-20-23-11-15-26(16-12-23)30-17-4-3-5-18-30/h6-16,19H,3-5,17-18,20-21H2,1-2H3,(H,29,32). The van der Waals surface area contributed by atoms with Crippen LogP contribution in [-0.4, -0.2) is 33.7 Å². The zero-order valence-corrected chi connectivity index (χ0v) is 21.2. The first-order chi connectivity index (χ1) is 16.8. The van der Waals surface area contributed by atoms with Gasteiger partial charge < -0.3 is 10.2 Å². The van der Waals surface area contributed by atoms with Gasteiger partial charge in [-0.25, -0.2) is 8.42 Å². The first kappa shape index (κ1) is 24.8. The molecule has 1 aliphatic rings. The van der Waals surface area contributed by atoms with Gasteiger partial charge in [-0.3, -0.25) is 9.10 Å². The molecule has 0 radical (unpaired) electrons. The van der Waals surface area contributed by atoms with Gasteiger partial charge in [0.05, 0.1) is 18.5 Å². The number of hydrogen-bond donors (Lipinski definition) is 1. The summed E-state index contributed by atoms with van der Waals surface area (Å²) in [5, 5.41) is 2.97. The summed E-state index contributed by atoms with van der Waals surface area (Å²) in [6.07, 6.45) is 5.00. The van der Waals surface area contributed by atoms with Crippen LogP contribution in [-0.2, 0) is 23.1 Å². The highest BCUT2D eigenvalue weighted by Crippen LogP contribution is 2.22. The minimum atomic E-state index is -3.46. The third-order valence-electron chi connectivity index (χ3n) is 6.34. The highest BCUT2D eigenvalue weighted by molar-refractivity contribution is 7.92. The van der Waals surface area contributed by atoms with Gasteiger partial charge >= 0.3 is 0 Å². The monoisotopic (exact) mass is 491 g/mol. The number of benzene rings is 3. The molecule has 0 saturated carbocycles. The van der Waals surface area contributed by atoms with Gasteiger partial charge in [-0.05, 0) is 79.3 Å². The molecular formula is C28H33N3O3S. The second-order valence-electron chi connectivity index (χ2n) is 9.20. The number of nitrogens with zero attached hydrogens (tertiary/aromatic N) is 2. The molecule has 3 aromatic carbocycles. The lowest BCUT2D eigenvalue weighted by Gasteiger charge is -2.28. The van der Waals surface area contributed by atoms with E-state index in [2.05, 4.69) is 34.5 Å². The molecule has 1 N–H and O–H groups in total. The van der Waals surface area contributed by atoms with Crippen LogP contribution in [0.25, 0.3) is 0 Å². The van der Waals surface area contributed by atoms with Crippen molar-refractivity contribution in [2.75, 3.05) is 28.6 Å². The van der Waals surface area contributed by atoms with Crippen LogP contribution in [0.4, 0.5) is 11.4 Å². The Labute approximate surface area is 208 Å². The van der Waals surface area contributed by atoms with Crippen molar-refractivity contribution in [1.29, 1.82) is 0 Å². The Kier molecular flexibility index (Phi) is 7.76. The van der Waals surface area contributed by atoms with Gasteiger partial charge in [0.15, 0.2) is 0 Å². The molecule has 4 rings (SSSR count). The Morgan fingerprint density at radius 1 is 0.914 bits per heavy atom. The highest BCUT2D eigenvalue weighted by Gasteiger charge is 2.18. The molecule has 1 saturated heterocycles. The summed E-state index contributed by atoms with van der Waals surface area (Å²) in [7, 11) is -3.46. The summed E-state index contributed by atoms with van der Waals surface area (Å²) in [5.41, 5.74) is 5.26. The molecule has 1 aliphatic heterocycles. The second-order valence-corrected chi connectivity index (χ2v) is 11.1. The minimum Gasteiger partial charge on any atom is -0.372 e. The third-order valence-corrected chi connectivity index (χ3v) is 7.48. The molecule has 184 valence electrons. The number of aryl methyl sites for hydroxylation is 1. The van der Waals surface area contributed by atoms with Crippen LogP contribution >= 0.6 is 0 Å². The number of piperidine rings is 1. The van der Waals surface area contributed by atoms with Gasteiger partial charge in [0.1, 0.15) is 0 Å². The number of amides is 1. The molecule has 0 unspecified atom stereocenters. The molecule has 0 spiro atoms. The predicted molar refractivity (Wildman–Crippen MR) is 142 cm³/mol. The van der Waals surface area contributed by atoms with Crippen molar-refractivity contribution in [1.82, 2.24) is 5.32 Å². The maximum Gasteiger partial charge on any atom is 0.251 e. The van der Waals surface area contributed by atoms with E-state index in [-0.39, 0.29) is 12.5 Å². The molecule has 0 bridgehead atoms. The van der Waals surface area contributed by atoms with E-state index in [9.17, 15) is 13.2 Å². The molecule has 1 fully saturated rings. The van der Waals surface area contributed by atoms with Crippen LogP contribution in [0.2, 0.25) is 0 Å². The topological polar surface area (TPSA) is 69.7 Å². The Balaban J connectivity index is 1.36. The van der Waals surface area contributed by atoms with E-state index >= 15 is 0 Å². The highest BCUT2D eigenvalue weighted by atomic mass is 32.2. The van der Waals surface area contributed by atoms with Gasteiger partial charge in [0.2, 0.25) is 10.0 Å². The number of rotatable bonds is 8. The van der Waals surface area contributed by atoms with Gasteiger partial charge in [-0.15, -0.1) is 0 Å². The Morgan fingerprint density at radius 2 is 1.57 bits per heavy atom. The van der Waals surface area contributed by atoms with E-state index in [0.29, 0.717) is 17.8 Å². The number of hydrogen-bond acceptors (Lipinski definition) is 4. The van der Waals surface area contributed by atoms with Crippen LogP contribution in [0.1, 0.15) is 46.3 Å². The molecule has 0 aromatic heterocycles. The van der Waals surface area contributed by atoms with Crippen molar-refractivity contribution in [3.8, 4) is 0 Å². The summed E-state index contributed by atoms with van der Waals surface area (Å²) >= 11 is 0. The fourth-order valence-electron chi connectivity index (χ4n) is 4.37. The maximum atomic E-state index is 12.7. The lowest BCUT2D eigenvalue weighted by molar-refractivity contribution is 0.0951. The van der Waals surface area contributed by atoms with Gasteiger partial charge in [0.25, 0.3) is 5.91 Å². The van der Waals surface area contributed by atoms with Crippen molar-refractivity contribution < 1.29 is 13.2 Å². The summed E-state index contributed by atoms with van der Waals surface area (Å²) in [5.74, 6) is -0.157. The third kappa shape index (κ3) is 6.63. The molecular weight excluding hydrogens is 458 g/mol. The summed E-state index contributed by atoms with van der Waals surface area (Å²) < 4.78 is 26.2. The fraction of sp³-hybridized carbons (Fsp3) is 0.321. The normalized spacial score (nSPS) is 13.9. The molecule has 0 aliphatic carbocycles. The molecule has 6 nitrogen and oxygen atoms in total. The van der Waals surface area contributed by atoms with E-state index in [1.165, 1.54) is 35.5 Å². The van der Waals surface area contributed by atoms with E-state index in [0.717, 1.165) is 29.8 Å². The smallest absolute Gasteiger partial charge is 0.251 e. The minimum absolute atomic E-state index is 0.157. The van der Waals surface area contributed by atoms with Crippen LogP contribution < -0.4 is 14.5 Å². The maximum absolute atomic E-state index is 12.7. The van der Waals surface area contributed by atoms with E-state index in [1.54, 1.807) is 30.3 Å². The Bertz CT molecular complexity index is 1250. The molecule has 1 amide bonds. The number of carbonyl (C=O) groups is 1. The first-order valence-corrected chi connectivity index (χ1v) is 13.9. The van der Waals surface area contributed by atoms with E-state index < -0.39 is 10.0 Å². The molecule has 35 heavy (non-hydrogen) atoms. The van der Waals surface area contributed by atoms with Crippen molar-refractivity contribution in [3.63, 3.8) is 0 Å². The zero-order chi connectivity index (χ0) is 24.8. The first-order valence-electron chi connectivity index (χ1n) is 12.0. The second kappa shape index (κ2) is 11.0. The predicted octanol–water partition coefficient (Wildman–Crippen LogP) is 4.88. The van der Waals surface area contributed by atoms with Crippen molar-refractivity contribution in [2.45, 2.75) is 39.3 Å². The lowest BCUT2D eigenvalue weighted by Crippen LogP contribution is -2.29. The Hall–Kier alpha value is -3.32. The molecule has 3 aromatic rings. The number of sulfonamides is 1. The average molecular weight is 492 g/mol. The van der Waals surface area contributed by atoms with Gasteiger partial charge in [-0.1, -0.05) is 36.4 Å². The van der Waals surface area contributed by atoms with Crippen molar-refractivity contribution in [2.24, 2.45) is 0 Å². The molecule has 0 atom stereocenters. The van der Waals surface area contributed by atoms with Gasteiger partial charge in [0, 0.05) is 30.9 Å². The number of carbonyl (C=O) groups excluding carboxylic acids is 1. The van der Waals surface area contributed by atoms with Crippen LogP contribution in [0.5, 0.6) is 0 Å².